The Morgan fingerprint density at radius 3 is 2.51 bits per heavy atom. The number of carbonyl (C=O) groups is 1. The number of alkyl halides is 4. The molecule has 1 saturated carbocycles. The predicted molar refractivity (Wildman–Crippen MR) is 134 cm³/mol. The Labute approximate surface area is 222 Å². The molecule has 8 nitrogen and oxygen atoms in total. The van der Waals surface area contributed by atoms with Crippen molar-refractivity contribution in [3.8, 4) is 0 Å². The second-order valence-electron chi connectivity index (χ2n) is 11.7. The van der Waals surface area contributed by atoms with Gasteiger partial charge in [-0.05, 0) is 63.3 Å². The highest BCUT2D eigenvalue weighted by Gasteiger charge is 2.51. The molecule has 5 aliphatic rings. The number of hydrogen-bond acceptors (Lipinski definition) is 7. The van der Waals surface area contributed by atoms with E-state index in [1.165, 1.54) is 7.05 Å². The molecule has 1 aliphatic carbocycles. The quantitative estimate of drug-likeness (QED) is 0.388. The predicted octanol–water partition coefficient (Wildman–Crippen LogP) is 2.30. The molecule has 4 unspecified atom stereocenters. The third-order valence-corrected chi connectivity index (χ3v) is 11.5. The van der Waals surface area contributed by atoms with Gasteiger partial charge in [0.1, 0.15) is 6.04 Å². The van der Waals surface area contributed by atoms with Gasteiger partial charge in [-0.1, -0.05) is 0 Å². The Morgan fingerprint density at radius 2 is 1.86 bits per heavy atom. The molecule has 5 fully saturated rings. The standard InChI is InChI=1S/C24H39ClF3N5O3S/c1-31(22(34)11-15-8-10-37(35,36)14-15)23(24(26,27)28)16-4-6-17(7-5-16)32-9-2-3-18-19(32)13-29-21-12-20(25)30-33(18)21/h15-21,23,29-30H,2-14H2,1H3/t15-,16?,17?,18?,19?,20?,21?,23+/m1/s1. The van der Waals surface area contributed by atoms with E-state index < -0.39 is 33.9 Å². The Kier molecular flexibility index (Phi) is 8.08. The molecule has 4 heterocycles. The molecule has 1 amide bonds. The van der Waals surface area contributed by atoms with Crippen molar-refractivity contribution in [1.82, 2.24) is 25.6 Å². The molecule has 212 valence electrons. The van der Waals surface area contributed by atoms with Gasteiger partial charge in [0.2, 0.25) is 5.91 Å². The van der Waals surface area contributed by atoms with Crippen LogP contribution in [0.5, 0.6) is 0 Å². The van der Waals surface area contributed by atoms with Gasteiger partial charge in [0, 0.05) is 44.6 Å². The minimum absolute atomic E-state index is 0.0101. The molecule has 2 N–H and O–H groups in total. The van der Waals surface area contributed by atoms with Crippen LogP contribution in [0.3, 0.4) is 0 Å². The van der Waals surface area contributed by atoms with Crippen molar-refractivity contribution in [2.24, 2.45) is 11.8 Å². The summed E-state index contributed by atoms with van der Waals surface area (Å²) in [7, 11) is -1.95. The first-order chi connectivity index (χ1) is 17.4. The summed E-state index contributed by atoms with van der Waals surface area (Å²) in [6.45, 7) is 1.81. The van der Waals surface area contributed by atoms with Crippen molar-refractivity contribution in [3.05, 3.63) is 0 Å². The van der Waals surface area contributed by atoms with Crippen LogP contribution in [0.2, 0.25) is 0 Å². The second-order valence-corrected chi connectivity index (χ2v) is 14.5. The van der Waals surface area contributed by atoms with Crippen LogP contribution in [0.4, 0.5) is 13.2 Å². The number of amides is 1. The summed E-state index contributed by atoms with van der Waals surface area (Å²) in [5.74, 6) is -1.75. The molecule has 5 rings (SSSR count). The lowest BCUT2D eigenvalue weighted by atomic mass is 9.78. The Hall–Kier alpha value is -0.660. The van der Waals surface area contributed by atoms with E-state index in [0.717, 1.165) is 37.3 Å². The van der Waals surface area contributed by atoms with E-state index in [4.69, 9.17) is 11.6 Å². The van der Waals surface area contributed by atoms with Crippen LogP contribution in [0.15, 0.2) is 0 Å². The largest absolute Gasteiger partial charge is 0.409 e. The van der Waals surface area contributed by atoms with Crippen LogP contribution in [-0.2, 0) is 14.6 Å². The van der Waals surface area contributed by atoms with Gasteiger partial charge < -0.3 is 4.90 Å². The minimum atomic E-state index is -4.53. The summed E-state index contributed by atoms with van der Waals surface area (Å²) in [5, 5.41) is 5.86. The zero-order valence-corrected chi connectivity index (χ0v) is 22.9. The fourth-order valence-corrected chi connectivity index (χ4v) is 9.75. The molecular weight excluding hydrogens is 531 g/mol. The number of nitrogens with one attached hydrogen (secondary N) is 2. The summed E-state index contributed by atoms with van der Waals surface area (Å²) in [5.41, 5.74) is 3.30. The van der Waals surface area contributed by atoms with Crippen LogP contribution >= 0.6 is 11.6 Å². The monoisotopic (exact) mass is 569 g/mol. The minimum Gasteiger partial charge on any atom is -0.333 e. The molecular formula is C24H39ClF3N5O3S. The number of hydrazine groups is 1. The molecule has 13 heteroatoms. The van der Waals surface area contributed by atoms with E-state index in [1.807, 2.05) is 0 Å². The first-order valence-electron chi connectivity index (χ1n) is 13.6. The molecule has 0 radical (unpaired) electrons. The van der Waals surface area contributed by atoms with Crippen LogP contribution in [-0.4, -0.2) is 103 Å². The highest BCUT2D eigenvalue weighted by Crippen LogP contribution is 2.41. The Balaban J connectivity index is 1.20. The fraction of sp³-hybridized carbons (Fsp3) is 0.958. The molecule has 0 aromatic carbocycles. The zero-order valence-electron chi connectivity index (χ0n) is 21.3. The van der Waals surface area contributed by atoms with Crippen molar-refractivity contribution in [2.75, 3.05) is 31.6 Å². The lowest BCUT2D eigenvalue weighted by molar-refractivity contribution is -0.202. The van der Waals surface area contributed by atoms with Gasteiger partial charge in [0.15, 0.2) is 9.84 Å². The van der Waals surface area contributed by atoms with Gasteiger partial charge >= 0.3 is 6.18 Å². The maximum Gasteiger partial charge on any atom is 0.409 e. The van der Waals surface area contributed by atoms with E-state index in [0.29, 0.717) is 44.2 Å². The van der Waals surface area contributed by atoms with Gasteiger partial charge in [0.05, 0.1) is 23.2 Å². The number of sulfone groups is 1. The number of fused-ring (bicyclic) bond motifs is 3. The van der Waals surface area contributed by atoms with E-state index in [9.17, 15) is 26.4 Å². The average Bonchev–Trinajstić information content (AvgIpc) is 3.38. The first-order valence-corrected chi connectivity index (χ1v) is 15.9. The fourth-order valence-electron chi connectivity index (χ4n) is 7.60. The third kappa shape index (κ3) is 5.94. The lowest BCUT2D eigenvalue weighted by Crippen LogP contribution is -2.70. The van der Waals surface area contributed by atoms with Crippen molar-refractivity contribution < 1.29 is 26.4 Å². The SMILES string of the molecule is CN(C(=O)C[C@H]1CCS(=O)(=O)C1)[C@@H](C1CCC(N2CCCC3C2CNC2CC(Cl)NN23)CC1)C(F)(F)F. The maximum atomic E-state index is 14.2. The lowest BCUT2D eigenvalue weighted by Gasteiger charge is -2.53. The zero-order chi connectivity index (χ0) is 26.5. The summed E-state index contributed by atoms with van der Waals surface area (Å²) in [6.07, 6.45) is 1.07. The number of halogens is 4. The second kappa shape index (κ2) is 10.7. The molecule has 0 aromatic rings. The highest BCUT2D eigenvalue weighted by molar-refractivity contribution is 7.91. The van der Waals surface area contributed by atoms with Crippen LogP contribution in [0.1, 0.15) is 57.8 Å². The van der Waals surface area contributed by atoms with Crippen LogP contribution in [0, 0.1) is 11.8 Å². The molecule has 4 saturated heterocycles. The molecule has 0 aromatic heterocycles. The van der Waals surface area contributed by atoms with E-state index in [1.54, 1.807) is 0 Å². The van der Waals surface area contributed by atoms with E-state index in [2.05, 4.69) is 20.7 Å². The number of piperidine rings is 1. The molecule has 0 spiro atoms. The molecule has 37 heavy (non-hydrogen) atoms. The number of carbonyl (C=O) groups excluding carboxylic acids is 1. The molecule has 4 aliphatic heterocycles. The molecule has 0 bridgehead atoms. The summed E-state index contributed by atoms with van der Waals surface area (Å²) in [4.78, 5) is 16.2. The van der Waals surface area contributed by atoms with Crippen molar-refractivity contribution in [3.63, 3.8) is 0 Å². The number of rotatable bonds is 5. The molecule has 6 atom stereocenters. The highest BCUT2D eigenvalue weighted by atomic mass is 35.5. The topological polar surface area (TPSA) is 85.0 Å². The van der Waals surface area contributed by atoms with E-state index >= 15 is 0 Å². The van der Waals surface area contributed by atoms with Gasteiger partial charge in [0.25, 0.3) is 0 Å². The summed E-state index contributed by atoms with van der Waals surface area (Å²) >= 11 is 6.34. The third-order valence-electron chi connectivity index (χ3n) is 9.35. The average molecular weight is 570 g/mol. The van der Waals surface area contributed by atoms with Gasteiger partial charge in [-0.15, -0.1) is 11.6 Å². The van der Waals surface area contributed by atoms with Crippen LogP contribution < -0.4 is 10.7 Å². The van der Waals surface area contributed by atoms with Gasteiger partial charge in [-0.3, -0.25) is 15.0 Å². The Morgan fingerprint density at radius 1 is 1.14 bits per heavy atom. The van der Waals surface area contributed by atoms with Crippen molar-refractivity contribution in [2.45, 2.75) is 99.8 Å². The summed E-state index contributed by atoms with van der Waals surface area (Å²) in [6, 6.07) is -0.964. The van der Waals surface area contributed by atoms with Gasteiger partial charge in [-0.25, -0.2) is 18.9 Å². The number of nitrogens with zero attached hydrogens (tertiary/aromatic N) is 3. The number of hydrogen-bond donors (Lipinski definition) is 2. The van der Waals surface area contributed by atoms with Crippen LogP contribution in [0.25, 0.3) is 0 Å². The normalized spacial score (nSPS) is 39.6. The maximum absolute atomic E-state index is 14.2. The first kappa shape index (κ1) is 27.9. The van der Waals surface area contributed by atoms with E-state index in [-0.39, 0.29) is 41.6 Å². The Bertz CT molecular complexity index is 948. The van der Waals surface area contributed by atoms with Gasteiger partial charge in [-0.2, -0.15) is 13.2 Å². The number of likely N-dealkylation sites (tertiary alicyclic amines) is 1. The summed E-state index contributed by atoms with van der Waals surface area (Å²) < 4.78 is 66.2. The van der Waals surface area contributed by atoms with Crippen molar-refractivity contribution in [1.29, 1.82) is 0 Å². The smallest absolute Gasteiger partial charge is 0.333 e. The van der Waals surface area contributed by atoms with Crippen molar-refractivity contribution >= 4 is 27.3 Å².